The Labute approximate surface area is 208 Å². The first-order valence-electron chi connectivity index (χ1n) is 10.7. The van der Waals surface area contributed by atoms with Gasteiger partial charge in [-0.3, -0.25) is 9.59 Å². The van der Waals surface area contributed by atoms with Gasteiger partial charge in [0, 0.05) is 23.4 Å². The zero-order chi connectivity index (χ0) is 25.9. The first kappa shape index (κ1) is 25.0. The minimum Gasteiger partial charge on any atom is -0.483 e. The number of carbonyl (C=O) groups excluding carboxylic acids is 2. The van der Waals surface area contributed by atoms with Crippen LogP contribution >= 0.6 is 11.6 Å². The monoisotopic (exact) mass is 521 g/mol. The zero-order valence-electron chi connectivity index (χ0n) is 18.7. The van der Waals surface area contributed by atoms with Crippen molar-refractivity contribution in [1.29, 1.82) is 0 Å². The maximum atomic E-state index is 13.4. The molecular formula is C23H19ClF3N5O4. The van der Waals surface area contributed by atoms with Gasteiger partial charge in [-0.2, -0.15) is 18.2 Å². The van der Waals surface area contributed by atoms with E-state index in [1.54, 1.807) is 6.92 Å². The molecule has 0 saturated heterocycles. The summed E-state index contributed by atoms with van der Waals surface area (Å²) in [6, 6.07) is 6.88. The summed E-state index contributed by atoms with van der Waals surface area (Å²) in [7, 11) is 0. The number of alkyl halides is 3. The van der Waals surface area contributed by atoms with Gasteiger partial charge in [0.2, 0.25) is 11.7 Å². The van der Waals surface area contributed by atoms with Crippen LogP contribution in [0.25, 0.3) is 0 Å². The van der Waals surface area contributed by atoms with Crippen LogP contribution in [-0.2, 0) is 11.0 Å². The van der Waals surface area contributed by atoms with Crippen molar-refractivity contribution in [2.45, 2.75) is 19.5 Å². The molecular weight excluding hydrogens is 503 g/mol. The van der Waals surface area contributed by atoms with E-state index in [-0.39, 0.29) is 45.8 Å². The van der Waals surface area contributed by atoms with Gasteiger partial charge < -0.3 is 25.4 Å². The van der Waals surface area contributed by atoms with E-state index in [1.807, 2.05) is 0 Å². The summed E-state index contributed by atoms with van der Waals surface area (Å²) in [5.41, 5.74) is -1.25. The fourth-order valence-electron chi connectivity index (χ4n) is 3.22. The average Bonchev–Trinajstić information content (AvgIpc) is 2.84. The van der Waals surface area contributed by atoms with Gasteiger partial charge in [-0.15, -0.1) is 0 Å². The minimum absolute atomic E-state index is 0.0490. The van der Waals surface area contributed by atoms with Crippen molar-refractivity contribution in [3.63, 3.8) is 0 Å². The lowest BCUT2D eigenvalue weighted by Crippen LogP contribution is -2.19. The highest BCUT2D eigenvalue weighted by Crippen LogP contribution is 2.38. The quantitative estimate of drug-likeness (QED) is 0.401. The third-order valence-electron chi connectivity index (χ3n) is 4.94. The normalized spacial score (nSPS) is 12.6. The molecule has 2 heterocycles. The molecule has 1 aliphatic rings. The number of anilines is 3. The highest BCUT2D eigenvalue weighted by molar-refractivity contribution is 6.32. The average molecular weight is 522 g/mol. The maximum Gasteiger partial charge on any atom is 0.416 e. The second-order valence-corrected chi connectivity index (χ2v) is 7.94. The Morgan fingerprint density at radius 3 is 2.61 bits per heavy atom. The summed E-state index contributed by atoms with van der Waals surface area (Å²) in [6.45, 7) is 2.48. The van der Waals surface area contributed by atoms with E-state index in [9.17, 15) is 22.8 Å². The molecule has 0 unspecified atom stereocenters. The molecule has 2 amide bonds. The van der Waals surface area contributed by atoms with Gasteiger partial charge in [0.15, 0.2) is 5.82 Å². The summed E-state index contributed by atoms with van der Waals surface area (Å²) < 4.78 is 51.4. The molecule has 188 valence electrons. The molecule has 0 radical (unpaired) electrons. The Bertz CT molecular complexity index is 1320. The first-order chi connectivity index (χ1) is 17.1. The van der Waals surface area contributed by atoms with Crippen molar-refractivity contribution < 1.29 is 32.2 Å². The number of rotatable bonds is 6. The molecule has 0 atom stereocenters. The van der Waals surface area contributed by atoms with Crippen molar-refractivity contribution in [3.05, 3.63) is 58.9 Å². The van der Waals surface area contributed by atoms with Crippen LogP contribution in [-0.4, -0.2) is 34.9 Å². The van der Waals surface area contributed by atoms with Gasteiger partial charge >= 0.3 is 6.18 Å². The predicted octanol–water partition coefficient (Wildman–Crippen LogP) is 5.35. The highest BCUT2D eigenvalue weighted by Gasteiger charge is 2.31. The van der Waals surface area contributed by atoms with Crippen LogP contribution in [0.3, 0.4) is 0 Å². The largest absolute Gasteiger partial charge is 0.483 e. The molecule has 0 bridgehead atoms. The van der Waals surface area contributed by atoms with Gasteiger partial charge in [0.25, 0.3) is 11.8 Å². The van der Waals surface area contributed by atoms with Crippen molar-refractivity contribution in [2.24, 2.45) is 0 Å². The molecule has 4 rings (SSSR count). The lowest BCUT2D eigenvalue weighted by atomic mass is 10.1. The zero-order valence-corrected chi connectivity index (χ0v) is 19.5. The number of hydrogen-bond donors (Lipinski definition) is 3. The number of nitrogens with zero attached hydrogens (tertiary/aromatic N) is 2. The van der Waals surface area contributed by atoms with Crippen LogP contribution < -0.4 is 25.4 Å². The van der Waals surface area contributed by atoms with Crippen LogP contribution in [0.2, 0.25) is 5.02 Å². The Hall–Kier alpha value is -4.06. The molecule has 9 nitrogen and oxygen atoms in total. The summed E-state index contributed by atoms with van der Waals surface area (Å²) in [6.07, 6.45) is -3.35. The van der Waals surface area contributed by atoms with E-state index in [2.05, 4.69) is 25.9 Å². The predicted molar refractivity (Wildman–Crippen MR) is 126 cm³/mol. The van der Waals surface area contributed by atoms with Gasteiger partial charge in [0.05, 0.1) is 17.1 Å². The molecule has 0 aliphatic carbocycles. The number of hydrogen-bond acceptors (Lipinski definition) is 7. The Morgan fingerprint density at radius 2 is 1.89 bits per heavy atom. The summed E-state index contributed by atoms with van der Waals surface area (Å²) in [5, 5.41) is 7.98. The molecule has 0 fully saturated rings. The van der Waals surface area contributed by atoms with E-state index in [0.29, 0.717) is 19.0 Å². The third kappa shape index (κ3) is 5.77. The fourth-order valence-corrected chi connectivity index (χ4v) is 3.38. The number of benzene rings is 2. The second-order valence-electron chi connectivity index (χ2n) is 7.53. The molecule has 3 aromatic rings. The van der Waals surface area contributed by atoms with E-state index < -0.39 is 23.6 Å². The van der Waals surface area contributed by atoms with E-state index in [4.69, 9.17) is 21.1 Å². The number of amides is 2. The van der Waals surface area contributed by atoms with E-state index in [1.165, 1.54) is 30.6 Å². The maximum absolute atomic E-state index is 13.4. The fraction of sp³-hybridized carbons (Fsp3) is 0.217. The van der Waals surface area contributed by atoms with E-state index in [0.717, 1.165) is 12.1 Å². The minimum atomic E-state index is -4.69. The number of carbonyl (C=O) groups is 2. The van der Waals surface area contributed by atoms with Gasteiger partial charge in [-0.1, -0.05) is 18.5 Å². The van der Waals surface area contributed by atoms with Crippen molar-refractivity contribution >= 4 is 40.6 Å². The van der Waals surface area contributed by atoms with Crippen molar-refractivity contribution in [1.82, 2.24) is 9.97 Å². The second kappa shape index (κ2) is 10.3. The molecule has 1 aromatic heterocycles. The first-order valence-corrected chi connectivity index (χ1v) is 11.0. The topological polar surface area (TPSA) is 114 Å². The molecule has 1 aliphatic heterocycles. The van der Waals surface area contributed by atoms with Gasteiger partial charge in [0.1, 0.15) is 18.7 Å². The Balaban J connectivity index is 1.59. The van der Waals surface area contributed by atoms with E-state index >= 15 is 0 Å². The van der Waals surface area contributed by atoms with Crippen LogP contribution in [0.1, 0.15) is 29.3 Å². The Kier molecular flexibility index (Phi) is 7.15. The van der Waals surface area contributed by atoms with Crippen LogP contribution in [0.4, 0.5) is 30.4 Å². The highest BCUT2D eigenvalue weighted by atomic mass is 35.5. The molecule has 3 N–H and O–H groups in total. The summed E-state index contributed by atoms with van der Waals surface area (Å²) >= 11 is 6.23. The molecule has 13 heteroatoms. The number of halogens is 4. The molecule has 2 aromatic carbocycles. The molecule has 36 heavy (non-hydrogen) atoms. The van der Waals surface area contributed by atoms with Gasteiger partial charge in [-0.25, -0.2) is 4.98 Å². The number of nitrogens with one attached hydrogen (secondary N) is 3. The van der Waals surface area contributed by atoms with Crippen LogP contribution in [0.5, 0.6) is 17.4 Å². The third-order valence-corrected chi connectivity index (χ3v) is 5.25. The lowest BCUT2D eigenvalue weighted by molar-refractivity contribution is -0.137. The number of fused-ring (bicyclic) bond motifs is 1. The molecule has 0 spiro atoms. The smallest absolute Gasteiger partial charge is 0.416 e. The van der Waals surface area contributed by atoms with Crippen LogP contribution in [0, 0.1) is 0 Å². The van der Waals surface area contributed by atoms with Crippen molar-refractivity contribution in [2.75, 3.05) is 29.1 Å². The van der Waals surface area contributed by atoms with Gasteiger partial charge in [-0.05, 0) is 36.4 Å². The number of ether oxygens (including phenoxy) is 2. The SMILES string of the molecule is CCC(=O)Nc1cc(NC(=O)c2ccc(Cl)c(Oc3ncnc4c3OCCN4)c2)cc(C(F)(F)F)c1. The summed E-state index contributed by atoms with van der Waals surface area (Å²) in [4.78, 5) is 32.7. The number of aromatic nitrogens is 2. The molecule has 0 saturated carbocycles. The Morgan fingerprint density at radius 1 is 1.14 bits per heavy atom. The van der Waals surface area contributed by atoms with Crippen molar-refractivity contribution in [3.8, 4) is 17.4 Å². The summed E-state index contributed by atoms with van der Waals surface area (Å²) in [5.74, 6) is -0.351. The standard InChI is InChI=1S/C23H19ClF3N5O4/c1-2-18(33)31-14-8-13(23(25,26)27)9-15(10-14)32-21(34)12-3-4-16(24)17(7-12)36-22-19-20(29-11-30-22)28-5-6-35-19/h3-4,7-11H,2,5-6H2,1H3,(H,31,33)(H,32,34)(H,28,29,30). The lowest BCUT2D eigenvalue weighted by Gasteiger charge is -2.19. The van der Waals surface area contributed by atoms with Crippen LogP contribution in [0.15, 0.2) is 42.7 Å².